The quantitative estimate of drug-likeness (QED) is 0.728. The molecule has 0 saturated carbocycles. The van der Waals surface area contributed by atoms with Crippen LogP contribution < -0.4 is 5.32 Å². The molecule has 1 heterocycles. The van der Waals surface area contributed by atoms with E-state index in [1.807, 2.05) is 0 Å². The maximum absolute atomic E-state index is 12.8. The van der Waals surface area contributed by atoms with Crippen LogP contribution in [0.25, 0.3) is 0 Å². The molecule has 0 fully saturated rings. The molecule has 0 unspecified atom stereocenters. The fourth-order valence-corrected chi connectivity index (χ4v) is 0.698. The van der Waals surface area contributed by atoms with Crippen LogP contribution in [0.1, 0.15) is 13.3 Å². The SMILES string of the molecule is CCC(=O)Nc1ncccc1F. The number of pyridine rings is 1. The fraction of sp³-hybridized carbons (Fsp3) is 0.250. The number of halogens is 1. The van der Waals surface area contributed by atoms with E-state index in [1.54, 1.807) is 6.92 Å². The first-order chi connectivity index (χ1) is 5.74. The molecule has 1 N–H and O–H groups in total. The summed E-state index contributed by atoms with van der Waals surface area (Å²) in [6.07, 6.45) is 1.74. The normalized spacial score (nSPS) is 9.50. The lowest BCUT2D eigenvalue weighted by atomic mass is 10.4. The highest BCUT2D eigenvalue weighted by Crippen LogP contribution is 2.07. The van der Waals surface area contributed by atoms with Crippen LogP contribution in [0.4, 0.5) is 10.2 Å². The van der Waals surface area contributed by atoms with Gasteiger partial charge in [-0.15, -0.1) is 0 Å². The minimum Gasteiger partial charge on any atom is -0.308 e. The molecule has 1 aromatic heterocycles. The topological polar surface area (TPSA) is 42.0 Å². The Morgan fingerprint density at radius 1 is 1.75 bits per heavy atom. The van der Waals surface area contributed by atoms with Gasteiger partial charge in [-0.25, -0.2) is 9.37 Å². The molecule has 0 aromatic carbocycles. The molecule has 1 rings (SSSR count). The Labute approximate surface area is 69.6 Å². The number of nitrogens with one attached hydrogen (secondary N) is 1. The predicted octanol–water partition coefficient (Wildman–Crippen LogP) is 1.57. The van der Waals surface area contributed by atoms with E-state index in [9.17, 15) is 9.18 Å². The highest BCUT2D eigenvalue weighted by molar-refractivity contribution is 5.89. The van der Waals surface area contributed by atoms with Crippen molar-refractivity contribution in [3.63, 3.8) is 0 Å². The van der Waals surface area contributed by atoms with Crippen molar-refractivity contribution >= 4 is 11.7 Å². The first kappa shape index (κ1) is 8.64. The van der Waals surface area contributed by atoms with Gasteiger partial charge in [0.05, 0.1) is 0 Å². The molecule has 0 spiro atoms. The Balaban J connectivity index is 2.75. The smallest absolute Gasteiger partial charge is 0.225 e. The van der Waals surface area contributed by atoms with Crippen molar-refractivity contribution in [3.8, 4) is 0 Å². The summed E-state index contributed by atoms with van der Waals surface area (Å²) < 4.78 is 12.8. The summed E-state index contributed by atoms with van der Waals surface area (Å²) in [5, 5.41) is 2.33. The van der Waals surface area contributed by atoms with Gasteiger partial charge in [-0.1, -0.05) is 6.92 Å². The van der Waals surface area contributed by atoms with E-state index in [0.29, 0.717) is 6.42 Å². The largest absolute Gasteiger partial charge is 0.308 e. The van der Waals surface area contributed by atoms with Crippen LogP contribution >= 0.6 is 0 Å². The molecule has 0 aliphatic carbocycles. The summed E-state index contributed by atoms with van der Waals surface area (Å²) in [6, 6.07) is 2.72. The Morgan fingerprint density at radius 3 is 3.08 bits per heavy atom. The Bertz CT molecular complexity index is 288. The lowest BCUT2D eigenvalue weighted by Crippen LogP contribution is -2.11. The number of hydrogen-bond acceptors (Lipinski definition) is 2. The molecule has 0 aliphatic heterocycles. The number of nitrogens with zero attached hydrogens (tertiary/aromatic N) is 1. The zero-order chi connectivity index (χ0) is 8.97. The van der Waals surface area contributed by atoms with Crippen LogP contribution in [0.15, 0.2) is 18.3 Å². The van der Waals surface area contributed by atoms with Crippen LogP contribution in [0.3, 0.4) is 0 Å². The molecular formula is C8H9FN2O. The minimum absolute atomic E-state index is 0.00986. The number of hydrogen-bond donors (Lipinski definition) is 1. The summed E-state index contributed by atoms with van der Waals surface area (Å²) in [5.74, 6) is -0.767. The number of aromatic nitrogens is 1. The lowest BCUT2D eigenvalue weighted by molar-refractivity contribution is -0.115. The lowest BCUT2D eigenvalue weighted by Gasteiger charge is -2.01. The van der Waals surface area contributed by atoms with Gasteiger partial charge in [0.2, 0.25) is 5.91 Å². The van der Waals surface area contributed by atoms with Crippen molar-refractivity contribution < 1.29 is 9.18 Å². The molecule has 0 bridgehead atoms. The van der Waals surface area contributed by atoms with Gasteiger partial charge >= 0.3 is 0 Å². The molecule has 0 saturated heterocycles. The molecular weight excluding hydrogens is 159 g/mol. The van der Waals surface area contributed by atoms with Gasteiger partial charge in [0.15, 0.2) is 11.6 Å². The second-order valence-corrected chi connectivity index (χ2v) is 2.24. The fourth-order valence-electron chi connectivity index (χ4n) is 0.698. The summed E-state index contributed by atoms with van der Waals surface area (Å²) in [6.45, 7) is 1.69. The van der Waals surface area contributed by atoms with E-state index in [2.05, 4.69) is 10.3 Å². The minimum atomic E-state index is -0.515. The first-order valence-corrected chi connectivity index (χ1v) is 3.64. The van der Waals surface area contributed by atoms with Gasteiger partial charge < -0.3 is 5.32 Å². The highest BCUT2D eigenvalue weighted by Gasteiger charge is 2.04. The Morgan fingerprint density at radius 2 is 2.50 bits per heavy atom. The monoisotopic (exact) mass is 168 g/mol. The van der Waals surface area contributed by atoms with E-state index in [0.717, 1.165) is 0 Å². The summed E-state index contributed by atoms with van der Waals surface area (Å²) in [4.78, 5) is 14.5. The predicted molar refractivity (Wildman–Crippen MR) is 43.1 cm³/mol. The van der Waals surface area contributed by atoms with Crippen molar-refractivity contribution in [2.24, 2.45) is 0 Å². The molecule has 64 valence electrons. The number of anilines is 1. The third kappa shape index (κ3) is 2.02. The molecule has 0 aliphatic rings. The van der Waals surface area contributed by atoms with Gasteiger partial charge in [0.25, 0.3) is 0 Å². The van der Waals surface area contributed by atoms with E-state index >= 15 is 0 Å². The van der Waals surface area contributed by atoms with Crippen LogP contribution in [-0.2, 0) is 4.79 Å². The summed E-state index contributed by atoms with van der Waals surface area (Å²) in [7, 11) is 0. The summed E-state index contributed by atoms with van der Waals surface area (Å²) >= 11 is 0. The molecule has 12 heavy (non-hydrogen) atoms. The van der Waals surface area contributed by atoms with Crippen molar-refractivity contribution in [3.05, 3.63) is 24.1 Å². The van der Waals surface area contributed by atoms with Crippen LogP contribution in [0, 0.1) is 5.82 Å². The molecule has 3 nitrogen and oxygen atoms in total. The maximum atomic E-state index is 12.8. The molecule has 1 aromatic rings. The van der Waals surface area contributed by atoms with Gasteiger partial charge in [-0.2, -0.15) is 0 Å². The zero-order valence-corrected chi connectivity index (χ0v) is 6.67. The van der Waals surface area contributed by atoms with Crippen LogP contribution in [-0.4, -0.2) is 10.9 Å². The number of amides is 1. The molecule has 1 amide bonds. The third-order valence-corrected chi connectivity index (χ3v) is 1.34. The number of carbonyl (C=O) groups excluding carboxylic acids is 1. The van der Waals surface area contributed by atoms with E-state index in [-0.39, 0.29) is 11.7 Å². The molecule has 0 radical (unpaired) electrons. The second-order valence-electron chi connectivity index (χ2n) is 2.24. The molecule has 4 heteroatoms. The zero-order valence-electron chi connectivity index (χ0n) is 6.67. The van der Waals surface area contributed by atoms with E-state index < -0.39 is 5.82 Å². The number of rotatable bonds is 2. The van der Waals surface area contributed by atoms with Crippen LogP contribution in [0.5, 0.6) is 0 Å². The third-order valence-electron chi connectivity index (χ3n) is 1.34. The van der Waals surface area contributed by atoms with Crippen LogP contribution in [0.2, 0.25) is 0 Å². The van der Waals surface area contributed by atoms with Crippen molar-refractivity contribution in [2.45, 2.75) is 13.3 Å². The average Bonchev–Trinajstić information content (AvgIpc) is 2.09. The van der Waals surface area contributed by atoms with Crippen molar-refractivity contribution in [1.82, 2.24) is 4.98 Å². The summed E-state index contributed by atoms with van der Waals surface area (Å²) in [5.41, 5.74) is 0. The van der Waals surface area contributed by atoms with Gasteiger partial charge in [0.1, 0.15) is 0 Å². The average molecular weight is 168 g/mol. The Hall–Kier alpha value is -1.45. The van der Waals surface area contributed by atoms with E-state index in [1.165, 1.54) is 18.3 Å². The number of carbonyl (C=O) groups is 1. The van der Waals surface area contributed by atoms with Gasteiger partial charge in [-0.3, -0.25) is 4.79 Å². The van der Waals surface area contributed by atoms with Crippen molar-refractivity contribution in [2.75, 3.05) is 5.32 Å². The Kier molecular flexibility index (Phi) is 2.74. The standard InChI is InChI=1S/C8H9FN2O/c1-2-7(12)11-8-6(9)4-3-5-10-8/h3-5H,2H2,1H3,(H,10,11,12). The first-order valence-electron chi connectivity index (χ1n) is 3.64. The maximum Gasteiger partial charge on any atom is 0.225 e. The van der Waals surface area contributed by atoms with Gasteiger partial charge in [0, 0.05) is 12.6 Å². The van der Waals surface area contributed by atoms with Gasteiger partial charge in [-0.05, 0) is 12.1 Å². The highest BCUT2D eigenvalue weighted by atomic mass is 19.1. The van der Waals surface area contributed by atoms with Crippen molar-refractivity contribution in [1.29, 1.82) is 0 Å². The molecule has 0 atom stereocenters. The second kappa shape index (κ2) is 3.80. The van der Waals surface area contributed by atoms with E-state index in [4.69, 9.17) is 0 Å².